The van der Waals surface area contributed by atoms with Crippen LogP contribution >= 0.6 is 0 Å². The summed E-state index contributed by atoms with van der Waals surface area (Å²) < 4.78 is 1.38. The number of primary amides is 1. The van der Waals surface area contributed by atoms with E-state index in [0.717, 1.165) is 48.1 Å². The highest BCUT2D eigenvalue weighted by Gasteiger charge is 2.24. The van der Waals surface area contributed by atoms with Gasteiger partial charge < -0.3 is 10.7 Å². The molecule has 3 heterocycles. The quantitative estimate of drug-likeness (QED) is 0.453. The molecule has 0 bridgehead atoms. The van der Waals surface area contributed by atoms with Crippen molar-refractivity contribution in [1.29, 1.82) is 0 Å². The smallest absolute Gasteiger partial charge is 0.317 e. The van der Waals surface area contributed by atoms with Gasteiger partial charge >= 0.3 is 6.03 Å². The Labute approximate surface area is 183 Å². The number of amides is 2. The number of pyridine rings is 1. The summed E-state index contributed by atoms with van der Waals surface area (Å²) in [6, 6.07) is 12.5. The summed E-state index contributed by atoms with van der Waals surface area (Å²) in [6.07, 6.45) is 9.47. The molecule has 32 heavy (non-hydrogen) atoms. The number of hydrogen-bond acceptors (Lipinski definition) is 4. The van der Waals surface area contributed by atoms with Crippen molar-refractivity contribution in [2.45, 2.75) is 25.7 Å². The normalized spacial score (nSPS) is 13.7. The van der Waals surface area contributed by atoms with Crippen LogP contribution in [0, 0.1) is 0 Å². The lowest BCUT2D eigenvalue weighted by atomic mass is 9.92. The molecule has 1 aliphatic rings. The van der Waals surface area contributed by atoms with E-state index in [0.29, 0.717) is 11.2 Å². The van der Waals surface area contributed by atoms with Gasteiger partial charge in [-0.05, 0) is 37.3 Å². The van der Waals surface area contributed by atoms with E-state index in [1.165, 1.54) is 4.52 Å². The molecule has 0 spiro atoms. The number of aromatic nitrogens is 4. The van der Waals surface area contributed by atoms with Crippen molar-refractivity contribution >= 4 is 23.1 Å². The largest absolute Gasteiger partial charge is 0.351 e. The Morgan fingerprint density at radius 1 is 1.06 bits per heavy atom. The molecule has 5 rings (SSSR count). The van der Waals surface area contributed by atoms with Crippen LogP contribution < -0.4 is 16.6 Å². The molecular weight excluding hydrogens is 404 g/mol. The number of benzene rings is 1. The summed E-state index contributed by atoms with van der Waals surface area (Å²) in [5.74, 6) is 0.222. The van der Waals surface area contributed by atoms with Gasteiger partial charge in [0.1, 0.15) is 17.2 Å². The highest BCUT2D eigenvalue weighted by molar-refractivity contribution is 5.94. The van der Waals surface area contributed by atoms with Crippen LogP contribution in [0.15, 0.2) is 65.7 Å². The van der Waals surface area contributed by atoms with Crippen LogP contribution in [0.4, 0.5) is 10.6 Å². The minimum atomic E-state index is -0.767. The summed E-state index contributed by atoms with van der Waals surface area (Å²) in [6.45, 7) is 0. The van der Waals surface area contributed by atoms with Gasteiger partial charge in [-0.15, -0.1) is 0 Å². The van der Waals surface area contributed by atoms with Crippen LogP contribution in [-0.2, 0) is 0 Å². The zero-order chi connectivity index (χ0) is 22.1. The number of urea groups is 1. The third kappa shape index (κ3) is 3.45. The number of allylic oxidation sites excluding steroid dienone is 2. The number of nitrogens with one attached hydrogen (secondary N) is 2. The van der Waals surface area contributed by atoms with Crippen LogP contribution in [0.1, 0.15) is 31.2 Å². The van der Waals surface area contributed by atoms with E-state index in [2.05, 4.69) is 21.4 Å². The van der Waals surface area contributed by atoms with Crippen LogP contribution in [0.5, 0.6) is 0 Å². The summed E-state index contributed by atoms with van der Waals surface area (Å²) in [5.41, 5.74) is 10.0. The second kappa shape index (κ2) is 8.14. The lowest BCUT2D eigenvalue weighted by Gasteiger charge is -2.14. The Morgan fingerprint density at radius 3 is 2.56 bits per heavy atom. The molecule has 1 aliphatic carbocycles. The molecule has 160 valence electrons. The molecule has 0 atom stereocenters. The van der Waals surface area contributed by atoms with E-state index in [1.54, 1.807) is 24.5 Å². The number of anilines is 1. The van der Waals surface area contributed by atoms with E-state index in [1.807, 2.05) is 30.3 Å². The van der Waals surface area contributed by atoms with E-state index in [9.17, 15) is 9.59 Å². The van der Waals surface area contributed by atoms with Crippen LogP contribution in [0.25, 0.3) is 33.6 Å². The van der Waals surface area contributed by atoms with Gasteiger partial charge in [-0.25, -0.2) is 4.79 Å². The number of aromatic amines is 1. The first-order chi connectivity index (χ1) is 15.6. The van der Waals surface area contributed by atoms with Crippen molar-refractivity contribution in [3.8, 4) is 22.4 Å². The molecule has 0 radical (unpaired) electrons. The van der Waals surface area contributed by atoms with Gasteiger partial charge in [0.25, 0.3) is 5.56 Å². The third-order valence-electron chi connectivity index (χ3n) is 5.64. The molecule has 0 saturated heterocycles. The van der Waals surface area contributed by atoms with E-state index >= 15 is 0 Å². The SMILES string of the molecule is NC(=O)Nc1[nH]c2c(C3=CCCCC3)c(-c3ccccc3)nn2c(=O)c1-c1cccnc1. The van der Waals surface area contributed by atoms with E-state index < -0.39 is 6.03 Å². The Morgan fingerprint density at radius 2 is 1.88 bits per heavy atom. The monoisotopic (exact) mass is 426 g/mol. The van der Waals surface area contributed by atoms with Gasteiger partial charge in [0.2, 0.25) is 0 Å². The Kier molecular flexibility index (Phi) is 5.03. The molecule has 0 fully saturated rings. The minimum Gasteiger partial charge on any atom is -0.351 e. The summed E-state index contributed by atoms with van der Waals surface area (Å²) in [4.78, 5) is 32.8. The molecule has 1 aromatic carbocycles. The number of nitrogens with two attached hydrogens (primary N) is 1. The molecule has 8 nitrogen and oxygen atoms in total. The van der Waals surface area contributed by atoms with Crippen molar-refractivity contribution in [3.05, 3.63) is 76.9 Å². The van der Waals surface area contributed by atoms with Gasteiger partial charge in [-0.1, -0.05) is 42.5 Å². The van der Waals surface area contributed by atoms with Crippen LogP contribution in [-0.4, -0.2) is 25.6 Å². The molecule has 4 aromatic rings. The number of H-pyrrole nitrogens is 1. The fourth-order valence-electron chi connectivity index (χ4n) is 4.24. The number of hydrogen-bond donors (Lipinski definition) is 3. The van der Waals surface area contributed by atoms with Gasteiger partial charge in [0.05, 0.1) is 5.56 Å². The maximum absolute atomic E-state index is 13.7. The number of fused-ring (bicyclic) bond motifs is 1. The first-order valence-electron chi connectivity index (χ1n) is 10.5. The lowest BCUT2D eigenvalue weighted by molar-refractivity contribution is 0.259. The average molecular weight is 426 g/mol. The Balaban J connectivity index is 1.86. The molecule has 0 saturated carbocycles. The van der Waals surface area contributed by atoms with Crippen molar-refractivity contribution < 1.29 is 4.79 Å². The number of carbonyl (C=O) groups is 1. The third-order valence-corrected chi connectivity index (χ3v) is 5.64. The fraction of sp³-hybridized carbons (Fsp3) is 0.167. The second-order valence-electron chi connectivity index (χ2n) is 7.74. The predicted molar refractivity (Wildman–Crippen MR) is 124 cm³/mol. The fourth-order valence-corrected chi connectivity index (χ4v) is 4.24. The summed E-state index contributed by atoms with van der Waals surface area (Å²) in [7, 11) is 0. The molecule has 4 N–H and O–H groups in total. The van der Waals surface area contributed by atoms with Crippen molar-refractivity contribution in [2.75, 3.05) is 5.32 Å². The molecular formula is C24H22N6O2. The predicted octanol–water partition coefficient (Wildman–Crippen LogP) is 4.20. The second-order valence-corrected chi connectivity index (χ2v) is 7.74. The Bertz CT molecular complexity index is 1390. The first-order valence-corrected chi connectivity index (χ1v) is 10.5. The van der Waals surface area contributed by atoms with Gasteiger partial charge in [-0.2, -0.15) is 9.61 Å². The van der Waals surface area contributed by atoms with Gasteiger partial charge in [-0.3, -0.25) is 15.1 Å². The standard InChI is InChI=1S/C24H22N6O2/c25-24(32)28-21-19(17-12-7-13-26-14-17)23(31)30-22(27-21)18(15-8-3-1-4-9-15)20(29-30)16-10-5-2-6-11-16/h2,5-8,10-14,27H,1,3-4,9H2,(H3,25,28,32). The molecule has 0 unspecified atom stereocenters. The van der Waals surface area contributed by atoms with E-state index in [-0.39, 0.29) is 16.9 Å². The maximum atomic E-state index is 13.7. The maximum Gasteiger partial charge on any atom is 0.317 e. The summed E-state index contributed by atoms with van der Waals surface area (Å²) >= 11 is 0. The highest BCUT2D eigenvalue weighted by atomic mass is 16.2. The topological polar surface area (TPSA) is 118 Å². The number of rotatable bonds is 4. The highest BCUT2D eigenvalue weighted by Crippen LogP contribution is 2.36. The van der Waals surface area contributed by atoms with Crippen molar-refractivity contribution in [3.63, 3.8) is 0 Å². The van der Waals surface area contributed by atoms with Gasteiger partial charge in [0.15, 0.2) is 0 Å². The Hall–Kier alpha value is -4.20. The van der Waals surface area contributed by atoms with Crippen LogP contribution in [0.3, 0.4) is 0 Å². The van der Waals surface area contributed by atoms with Crippen molar-refractivity contribution in [1.82, 2.24) is 19.6 Å². The first kappa shape index (κ1) is 19.7. The number of carbonyl (C=O) groups excluding carboxylic acids is 1. The zero-order valence-electron chi connectivity index (χ0n) is 17.3. The van der Waals surface area contributed by atoms with Crippen molar-refractivity contribution in [2.24, 2.45) is 5.73 Å². The molecule has 2 amide bonds. The molecule has 0 aliphatic heterocycles. The van der Waals surface area contributed by atoms with E-state index in [4.69, 9.17) is 10.8 Å². The minimum absolute atomic E-state index is 0.222. The lowest BCUT2D eigenvalue weighted by Crippen LogP contribution is -2.25. The average Bonchev–Trinajstić information content (AvgIpc) is 3.20. The zero-order valence-corrected chi connectivity index (χ0v) is 17.3. The number of nitrogens with zero attached hydrogens (tertiary/aromatic N) is 3. The van der Waals surface area contributed by atoms with Crippen LogP contribution in [0.2, 0.25) is 0 Å². The molecule has 8 heteroatoms. The van der Waals surface area contributed by atoms with Gasteiger partial charge in [0, 0.05) is 29.1 Å². The summed E-state index contributed by atoms with van der Waals surface area (Å²) in [5, 5.41) is 7.31. The molecule has 3 aromatic heterocycles.